The fourth-order valence-electron chi connectivity index (χ4n) is 2.14. The van der Waals surface area contributed by atoms with E-state index in [-0.39, 0.29) is 18.0 Å². The molecule has 0 aromatic carbocycles. The SMILES string of the molecule is [Li][c]1ccnc(OC)c1C(=O)N(C(C)C)C(C)C. The van der Waals surface area contributed by atoms with Crippen molar-refractivity contribution in [3.05, 3.63) is 17.8 Å². The molecular weight excluding hydrogens is 223 g/mol. The van der Waals surface area contributed by atoms with Crippen molar-refractivity contribution in [1.29, 1.82) is 0 Å². The van der Waals surface area contributed by atoms with Crippen LogP contribution in [0.1, 0.15) is 38.1 Å². The van der Waals surface area contributed by atoms with Gasteiger partial charge in [0, 0.05) is 0 Å². The van der Waals surface area contributed by atoms with Gasteiger partial charge in [-0.25, -0.2) is 0 Å². The number of pyridine rings is 1. The Balaban J connectivity index is 3.24. The molecule has 0 unspecified atom stereocenters. The number of carbonyl (C=O) groups is 1. The topological polar surface area (TPSA) is 42.4 Å². The molecule has 0 saturated carbocycles. The van der Waals surface area contributed by atoms with E-state index in [0.717, 1.165) is 4.24 Å². The van der Waals surface area contributed by atoms with Crippen molar-refractivity contribution in [3.8, 4) is 5.88 Å². The molecule has 0 aliphatic heterocycles. The first-order valence-corrected chi connectivity index (χ1v) is 6.22. The second-order valence-corrected chi connectivity index (χ2v) is 4.91. The van der Waals surface area contributed by atoms with Gasteiger partial charge in [-0.1, -0.05) is 0 Å². The maximum absolute atomic E-state index is 12.6. The van der Waals surface area contributed by atoms with Crippen molar-refractivity contribution >= 4 is 27.9 Å². The van der Waals surface area contributed by atoms with E-state index in [0.29, 0.717) is 11.4 Å². The Kier molecular flexibility index (Phi) is 5.25. The van der Waals surface area contributed by atoms with Gasteiger partial charge in [0.25, 0.3) is 0 Å². The fourth-order valence-corrected chi connectivity index (χ4v) is 2.14. The molecule has 0 aliphatic rings. The van der Waals surface area contributed by atoms with Gasteiger partial charge in [-0.3, -0.25) is 0 Å². The number of nitrogens with zero attached hydrogens (tertiary/aromatic N) is 2. The fraction of sp³-hybridized carbons (Fsp3) is 0.538. The average molecular weight is 242 g/mol. The molecule has 94 valence electrons. The van der Waals surface area contributed by atoms with Crippen molar-refractivity contribution in [3.63, 3.8) is 0 Å². The Hall–Kier alpha value is -0.983. The van der Waals surface area contributed by atoms with Gasteiger partial charge >= 0.3 is 118 Å². The Labute approximate surface area is 118 Å². The molecule has 0 radical (unpaired) electrons. The van der Waals surface area contributed by atoms with E-state index in [4.69, 9.17) is 4.74 Å². The third kappa shape index (κ3) is 3.07. The number of carbonyl (C=O) groups excluding carboxylic acids is 1. The van der Waals surface area contributed by atoms with E-state index in [2.05, 4.69) is 4.98 Å². The van der Waals surface area contributed by atoms with Crippen LogP contribution in [0.15, 0.2) is 12.3 Å². The maximum atomic E-state index is 12.6. The van der Waals surface area contributed by atoms with Crippen molar-refractivity contribution in [2.75, 3.05) is 7.11 Å². The van der Waals surface area contributed by atoms with Gasteiger partial charge in [-0.15, -0.1) is 0 Å². The summed E-state index contributed by atoms with van der Waals surface area (Å²) in [7, 11) is 1.54. The summed E-state index contributed by atoms with van der Waals surface area (Å²) >= 11 is 1.90. The van der Waals surface area contributed by atoms with Gasteiger partial charge in [0.15, 0.2) is 0 Å². The third-order valence-corrected chi connectivity index (χ3v) is 2.88. The summed E-state index contributed by atoms with van der Waals surface area (Å²) < 4.78 is 6.09. The second-order valence-electron chi connectivity index (χ2n) is 4.91. The zero-order valence-electron chi connectivity index (χ0n) is 12.0. The first kappa shape index (κ1) is 15.1. The molecule has 0 aliphatic carbocycles. The molecular formula is C13H19LiN2O2. The molecule has 5 heteroatoms. The van der Waals surface area contributed by atoms with E-state index >= 15 is 0 Å². The van der Waals surface area contributed by atoms with E-state index in [1.54, 1.807) is 6.20 Å². The Morgan fingerprint density at radius 3 is 2.33 bits per heavy atom. The Morgan fingerprint density at radius 2 is 1.89 bits per heavy atom. The molecule has 18 heavy (non-hydrogen) atoms. The van der Waals surface area contributed by atoms with Crippen LogP contribution in [0.3, 0.4) is 0 Å². The molecule has 4 nitrogen and oxygen atoms in total. The summed E-state index contributed by atoms with van der Waals surface area (Å²) in [6.07, 6.45) is 1.65. The zero-order chi connectivity index (χ0) is 13.9. The molecule has 0 atom stereocenters. The molecule has 0 spiro atoms. The molecule has 1 aromatic heterocycles. The van der Waals surface area contributed by atoms with Crippen molar-refractivity contribution in [1.82, 2.24) is 9.88 Å². The number of amides is 1. The van der Waals surface area contributed by atoms with Crippen LogP contribution in [0.5, 0.6) is 5.88 Å². The number of rotatable bonds is 4. The van der Waals surface area contributed by atoms with E-state index in [9.17, 15) is 4.79 Å². The van der Waals surface area contributed by atoms with Crippen LogP contribution in [0.25, 0.3) is 0 Å². The summed E-state index contributed by atoms with van der Waals surface area (Å²) in [6.45, 7) is 8.04. The predicted octanol–water partition coefficient (Wildman–Crippen LogP) is 1.14. The number of methoxy groups -OCH3 is 1. The number of hydrogen-bond acceptors (Lipinski definition) is 3. The van der Waals surface area contributed by atoms with Crippen LogP contribution in [0.4, 0.5) is 0 Å². The first-order valence-electron chi connectivity index (χ1n) is 6.22. The molecule has 0 bridgehead atoms. The summed E-state index contributed by atoms with van der Waals surface area (Å²) in [5.41, 5.74) is 0.558. The molecule has 0 N–H and O–H groups in total. The number of ether oxygens (including phenoxy) is 1. The standard InChI is InChI=1S/C13H19N2O2.Li/c1-9(2)15(10(3)4)13(16)11-7-6-8-14-12(11)17-5;/h6,8-10H,1-5H3;. The third-order valence-electron chi connectivity index (χ3n) is 2.88. The van der Waals surface area contributed by atoms with Crippen LogP contribution in [0, 0.1) is 0 Å². The van der Waals surface area contributed by atoms with Crippen molar-refractivity contribution < 1.29 is 9.53 Å². The monoisotopic (exact) mass is 242 g/mol. The minimum atomic E-state index is -0.0255. The quantitative estimate of drug-likeness (QED) is 0.744. The van der Waals surface area contributed by atoms with Crippen LogP contribution in [-0.4, -0.2) is 52.7 Å². The zero-order valence-corrected chi connectivity index (χ0v) is 12.0. The van der Waals surface area contributed by atoms with Crippen LogP contribution >= 0.6 is 0 Å². The van der Waals surface area contributed by atoms with Gasteiger partial charge in [-0.05, 0) is 0 Å². The van der Waals surface area contributed by atoms with Gasteiger partial charge in [-0.2, -0.15) is 0 Å². The van der Waals surface area contributed by atoms with Crippen LogP contribution < -0.4 is 8.97 Å². The van der Waals surface area contributed by atoms with E-state index in [1.807, 2.05) is 56.4 Å². The molecule has 1 aromatic rings. The number of hydrogen-bond donors (Lipinski definition) is 0. The summed E-state index contributed by atoms with van der Waals surface area (Å²) in [5, 5.41) is 0. The number of aromatic nitrogens is 1. The molecule has 1 heterocycles. The minimum absolute atomic E-state index is 0.0255. The summed E-state index contributed by atoms with van der Waals surface area (Å²) in [4.78, 5) is 18.6. The summed E-state index contributed by atoms with van der Waals surface area (Å²) in [5.74, 6) is 0.369. The molecule has 0 saturated heterocycles. The van der Waals surface area contributed by atoms with Gasteiger partial charge in [0.2, 0.25) is 0 Å². The molecule has 1 rings (SSSR count). The van der Waals surface area contributed by atoms with Gasteiger partial charge in [0.1, 0.15) is 0 Å². The first-order chi connectivity index (χ1) is 8.40. The van der Waals surface area contributed by atoms with Crippen LogP contribution in [0.2, 0.25) is 0 Å². The Morgan fingerprint density at radius 1 is 1.33 bits per heavy atom. The molecule has 0 fully saturated rings. The van der Waals surface area contributed by atoms with E-state index < -0.39 is 0 Å². The van der Waals surface area contributed by atoms with Crippen LogP contribution in [-0.2, 0) is 0 Å². The van der Waals surface area contributed by atoms with E-state index in [1.165, 1.54) is 7.11 Å². The predicted molar refractivity (Wildman–Crippen MR) is 72.6 cm³/mol. The van der Waals surface area contributed by atoms with Gasteiger partial charge in [0.05, 0.1) is 0 Å². The van der Waals surface area contributed by atoms with Crippen molar-refractivity contribution in [2.24, 2.45) is 0 Å². The second kappa shape index (κ2) is 6.26. The van der Waals surface area contributed by atoms with Gasteiger partial charge < -0.3 is 0 Å². The normalized spacial score (nSPS) is 10.9. The Bertz CT molecular complexity index is 425. The van der Waals surface area contributed by atoms with Crippen molar-refractivity contribution in [2.45, 2.75) is 39.8 Å². The summed E-state index contributed by atoms with van der Waals surface area (Å²) in [6, 6.07) is 2.11. The average Bonchev–Trinajstić information content (AvgIpc) is 2.27. The molecule has 1 amide bonds.